The first-order valence-electron chi connectivity index (χ1n) is 7.05. The second kappa shape index (κ2) is 5.24. The molecule has 0 bridgehead atoms. The van der Waals surface area contributed by atoms with Gasteiger partial charge in [0, 0.05) is 26.2 Å². The van der Waals surface area contributed by atoms with Crippen LogP contribution in [0.5, 0.6) is 0 Å². The van der Waals surface area contributed by atoms with E-state index in [4.69, 9.17) is 5.73 Å². The van der Waals surface area contributed by atoms with Crippen LogP contribution >= 0.6 is 0 Å². The van der Waals surface area contributed by atoms with E-state index in [0.717, 1.165) is 43.4 Å². The topological polar surface area (TPSA) is 88.6 Å². The fraction of sp³-hybridized carbons (Fsp3) is 0.615. The number of nitrogens with zero attached hydrogens (tertiary/aromatic N) is 5. The van der Waals surface area contributed by atoms with Gasteiger partial charge in [-0.3, -0.25) is 5.10 Å². The number of hydrogen-bond donors (Lipinski definition) is 2. The molecule has 3 heterocycles. The van der Waals surface area contributed by atoms with Crippen LogP contribution in [0.2, 0.25) is 0 Å². The first-order valence-corrected chi connectivity index (χ1v) is 7.05. The van der Waals surface area contributed by atoms with Crippen LogP contribution in [0.15, 0.2) is 12.5 Å². The van der Waals surface area contributed by atoms with E-state index in [2.05, 4.69) is 32.0 Å². The molecular formula is C13H21N7. The Bertz CT molecular complexity index is 563. The monoisotopic (exact) mass is 275 g/mol. The minimum atomic E-state index is 0.272. The van der Waals surface area contributed by atoms with Crippen LogP contribution in [0.4, 0.5) is 5.95 Å². The van der Waals surface area contributed by atoms with Crippen LogP contribution in [0.1, 0.15) is 19.8 Å². The highest BCUT2D eigenvalue weighted by Crippen LogP contribution is 2.23. The molecule has 1 aliphatic heterocycles. The van der Waals surface area contributed by atoms with Crippen molar-refractivity contribution in [3.8, 4) is 11.5 Å². The fourth-order valence-electron chi connectivity index (χ4n) is 2.72. The molecule has 2 aromatic heterocycles. The molecule has 0 aliphatic carbocycles. The maximum Gasteiger partial charge on any atom is 0.245 e. The van der Waals surface area contributed by atoms with E-state index in [1.165, 1.54) is 0 Å². The van der Waals surface area contributed by atoms with E-state index in [1.807, 2.05) is 11.6 Å². The van der Waals surface area contributed by atoms with Gasteiger partial charge < -0.3 is 15.2 Å². The summed E-state index contributed by atoms with van der Waals surface area (Å²) in [6.07, 6.45) is 5.75. The smallest absolute Gasteiger partial charge is 0.245 e. The number of aromatic amines is 1. The highest BCUT2D eigenvalue weighted by atomic mass is 15.4. The van der Waals surface area contributed by atoms with Gasteiger partial charge in [0.25, 0.3) is 0 Å². The second-order valence-corrected chi connectivity index (χ2v) is 5.56. The molecule has 7 heteroatoms. The quantitative estimate of drug-likeness (QED) is 0.863. The summed E-state index contributed by atoms with van der Waals surface area (Å²) < 4.78 is 1.92. The largest absolute Gasteiger partial charge is 0.340 e. The Balaban J connectivity index is 1.71. The zero-order valence-electron chi connectivity index (χ0n) is 12.0. The Morgan fingerprint density at radius 1 is 1.40 bits per heavy atom. The molecule has 1 atom stereocenters. The molecule has 0 spiro atoms. The third-order valence-corrected chi connectivity index (χ3v) is 4.10. The Kier molecular flexibility index (Phi) is 3.43. The Hall–Kier alpha value is -1.89. The number of anilines is 1. The number of aryl methyl sites for hydroxylation is 1. The molecule has 0 radical (unpaired) electrons. The predicted molar refractivity (Wildman–Crippen MR) is 77.2 cm³/mol. The number of nitrogens with two attached hydrogens (primary N) is 1. The van der Waals surface area contributed by atoms with E-state index in [-0.39, 0.29) is 6.04 Å². The Morgan fingerprint density at radius 3 is 2.75 bits per heavy atom. The maximum atomic E-state index is 5.97. The number of hydrogen-bond acceptors (Lipinski definition) is 5. The number of H-pyrrole nitrogens is 1. The van der Waals surface area contributed by atoms with Crippen molar-refractivity contribution in [1.29, 1.82) is 0 Å². The van der Waals surface area contributed by atoms with Gasteiger partial charge in [-0.2, -0.15) is 4.98 Å². The number of piperidine rings is 1. The summed E-state index contributed by atoms with van der Waals surface area (Å²) in [6.45, 7) is 4.03. The normalized spacial score (nSPS) is 18.4. The predicted octanol–water partition coefficient (Wildman–Crippen LogP) is 0.769. The standard InChI is InChI=1S/C13H21N7/c1-9(14)10-3-5-20(6-4-10)13-16-12(17-18-13)11-7-15-8-19(11)2/h7-10H,3-6,14H2,1-2H3,(H,16,17,18). The van der Waals surface area contributed by atoms with Crippen molar-refractivity contribution in [1.82, 2.24) is 24.7 Å². The lowest BCUT2D eigenvalue weighted by Gasteiger charge is -2.32. The third kappa shape index (κ3) is 2.40. The van der Waals surface area contributed by atoms with Gasteiger partial charge in [0.1, 0.15) is 5.69 Å². The lowest BCUT2D eigenvalue weighted by molar-refractivity contribution is 0.352. The van der Waals surface area contributed by atoms with Gasteiger partial charge in [-0.15, -0.1) is 5.10 Å². The van der Waals surface area contributed by atoms with E-state index in [0.29, 0.717) is 5.92 Å². The minimum absolute atomic E-state index is 0.272. The number of rotatable bonds is 3. The van der Waals surface area contributed by atoms with Gasteiger partial charge in [0.2, 0.25) is 5.95 Å². The molecule has 3 rings (SSSR count). The van der Waals surface area contributed by atoms with Crippen LogP contribution in [-0.4, -0.2) is 43.9 Å². The van der Waals surface area contributed by atoms with Gasteiger partial charge in [0.15, 0.2) is 5.82 Å². The molecule has 1 fully saturated rings. The molecule has 0 saturated carbocycles. The highest BCUT2D eigenvalue weighted by Gasteiger charge is 2.24. The van der Waals surface area contributed by atoms with Crippen molar-refractivity contribution in [3.05, 3.63) is 12.5 Å². The molecule has 0 amide bonds. The van der Waals surface area contributed by atoms with Crippen molar-refractivity contribution in [2.75, 3.05) is 18.0 Å². The molecule has 108 valence electrons. The van der Waals surface area contributed by atoms with Gasteiger partial charge in [-0.05, 0) is 25.7 Å². The SMILES string of the molecule is CC(N)C1CCN(c2n[nH]c(-c3cncn3C)n2)CC1. The summed E-state index contributed by atoms with van der Waals surface area (Å²) in [5.74, 6) is 2.14. The Morgan fingerprint density at radius 2 is 2.15 bits per heavy atom. The number of aromatic nitrogens is 5. The van der Waals surface area contributed by atoms with Crippen molar-refractivity contribution in [2.45, 2.75) is 25.8 Å². The van der Waals surface area contributed by atoms with E-state index >= 15 is 0 Å². The lowest BCUT2D eigenvalue weighted by atomic mass is 9.91. The van der Waals surface area contributed by atoms with Gasteiger partial charge in [-0.1, -0.05) is 0 Å². The van der Waals surface area contributed by atoms with Gasteiger partial charge >= 0.3 is 0 Å². The van der Waals surface area contributed by atoms with E-state index in [9.17, 15) is 0 Å². The van der Waals surface area contributed by atoms with Gasteiger partial charge in [0.05, 0.1) is 12.5 Å². The van der Waals surface area contributed by atoms with E-state index in [1.54, 1.807) is 12.5 Å². The minimum Gasteiger partial charge on any atom is -0.340 e. The molecule has 1 saturated heterocycles. The summed E-state index contributed by atoms with van der Waals surface area (Å²) in [5, 5.41) is 7.32. The summed E-state index contributed by atoms with van der Waals surface area (Å²) in [5.41, 5.74) is 6.91. The molecule has 20 heavy (non-hydrogen) atoms. The van der Waals surface area contributed by atoms with Crippen molar-refractivity contribution in [3.63, 3.8) is 0 Å². The molecule has 2 aromatic rings. The summed E-state index contributed by atoms with van der Waals surface area (Å²) in [6, 6.07) is 0.272. The van der Waals surface area contributed by atoms with Crippen molar-refractivity contribution >= 4 is 5.95 Å². The summed E-state index contributed by atoms with van der Waals surface area (Å²) in [7, 11) is 1.94. The molecule has 3 N–H and O–H groups in total. The zero-order valence-corrected chi connectivity index (χ0v) is 12.0. The van der Waals surface area contributed by atoms with Crippen LogP contribution in [0.25, 0.3) is 11.5 Å². The van der Waals surface area contributed by atoms with Crippen molar-refractivity contribution < 1.29 is 0 Å². The summed E-state index contributed by atoms with van der Waals surface area (Å²) >= 11 is 0. The molecule has 0 aromatic carbocycles. The third-order valence-electron chi connectivity index (χ3n) is 4.10. The molecule has 7 nitrogen and oxygen atoms in total. The lowest BCUT2D eigenvalue weighted by Crippen LogP contribution is -2.40. The molecular weight excluding hydrogens is 254 g/mol. The number of nitrogens with one attached hydrogen (secondary N) is 1. The van der Waals surface area contributed by atoms with Crippen LogP contribution in [-0.2, 0) is 7.05 Å². The van der Waals surface area contributed by atoms with Crippen LogP contribution in [0, 0.1) is 5.92 Å². The van der Waals surface area contributed by atoms with Crippen LogP contribution < -0.4 is 10.6 Å². The average Bonchev–Trinajstić information content (AvgIpc) is 3.07. The zero-order chi connectivity index (χ0) is 14.1. The maximum absolute atomic E-state index is 5.97. The van der Waals surface area contributed by atoms with Crippen LogP contribution in [0.3, 0.4) is 0 Å². The average molecular weight is 275 g/mol. The fourth-order valence-corrected chi connectivity index (χ4v) is 2.72. The first kappa shape index (κ1) is 13.1. The Labute approximate surface area is 118 Å². The molecule has 1 aliphatic rings. The van der Waals surface area contributed by atoms with Gasteiger partial charge in [-0.25, -0.2) is 4.98 Å². The highest BCUT2D eigenvalue weighted by molar-refractivity contribution is 5.50. The van der Waals surface area contributed by atoms with E-state index < -0.39 is 0 Å². The molecule has 1 unspecified atom stereocenters. The summed E-state index contributed by atoms with van der Waals surface area (Å²) in [4.78, 5) is 10.9. The number of imidazole rings is 1. The van der Waals surface area contributed by atoms with Crippen molar-refractivity contribution in [2.24, 2.45) is 18.7 Å². The first-order chi connectivity index (χ1) is 9.65. The second-order valence-electron chi connectivity index (χ2n) is 5.56.